The number of morpholine rings is 1. The molecular formula is C18H28N2O3. The van der Waals surface area contributed by atoms with E-state index in [0.29, 0.717) is 13.0 Å². The number of carbonyl (C=O) groups is 1. The molecule has 0 aliphatic carbocycles. The maximum Gasteiger partial charge on any atom is 0.224 e. The quantitative estimate of drug-likeness (QED) is 0.865. The predicted octanol–water partition coefficient (Wildman–Crippen LogP) is 1.61. The largest absolute Gasteiger partial charge is 0.496 e. The van der Waals surface area contributed by atoms with Crippen LogP contribution in [0.5, 0.6) is 5.75 Å². The molecule has 0 radical (unpaired) electrons. The van der Waals surface area contributed by atoms with Crippen molar-refractivity contribution in [2.45, 2.75) is 27.2 Å². The molecule has 128 valence electrons. The fraction of sp³-hybridized carbons (Fsp3) is 0.611. The molecule has 1 N–H and O–H groups in total. The van der Waals surface area contributed by atoms with Gasteiger partial charge in [-0.05, 0) is 43.0 Å². The number of aryl methyl sites for hydroxylation is 1. The molecular weight excluding hydrogens is 292 g/mol. The van der Waals surface area contributed by atoms with Crippen molar-refractivity contribution >= 4 is 5.91 Å². The first kappa shape index (κ1) is 17.8. The van der Waals surface area contributed by atoms with E-state index in [1.54, 1.807) is 7.11 Å². The Hall–Kier alpha value is -1.59. The van der Waals surface area contributed by atoms with Gasteiger partial charge in [-0.1, -0.05) is 6.07 Å². The van der Waals surface area contributed by atoms with E-state index >= 15 is 0 Å². The van der Waals surface area contributed by atoms with Gasteiger partial charge in [0.1, 0.15) is 5.75 Å². The monoisotopic (exact) mass is 320 g/mol. The van der Waals surface area contributed by atoms with E-state index in [1.807, 2.05) is 20.8 Å². The van der Waals surface area contributed by atoms with Crippen molar-refractivity contribution in [2.75, 3.05) is 46.5 Å². The molecule has 1 aromatic rings. The summed E-state index contributed by atoms with van der Waals surface area (Å²) < 4.78 is 10.8. The molecule has 0 atom stereocenters. The molecule has 5 nitrogen and oxygen atoms in total. The molecule has 1 aliphatic heterocycles. The van der Waals surface area contributed by atoms with Crippen LogP contribution in [0.2, 0.25) is 0 Å². The van der Waals surface area contributed by atoms with Crippen LogP contribution in [0.4, 0.5) is 0 Å². The van der Waals surface area contributed by atoms with Crippen molar-refractivity contribution in [3.8, 4) is 5.75 Å². The molecule has 0 saturated carbocycles. The van der Waals surface area contributed by atoms with Gasteiger partial charge in [0.15, 0.2) is 0 Å². The van der Waals surface area contributed by atoms with Crippen LogP contribution < -0.4 is 10.1 Å². The maximum absolute atomic E-state index is 12.2. The van der Waals surface area contributed by atoms with E-state index in [1.165, 1.54) is 0 Å². The molecule has 2 rings (SSSR count). The van der Waals surface area contributed by atoms with Crippen LogP contribution in [0.15, 0.2) is 6.07 Å². The molecule has 1 aromatic carbocycles. The lowest BCUT2D eigenvalue weighted by Crippen LogP contribution is -2.41. The molecule has 1 amide bonds. The highest BCUT2D eigenvalue weighted by Gasteiger charge is 2.14. The van der Waals surface area contributed by atoms with Crippen molar-refractivity contribution in [1.82, 2.24) is 10.2 Å². The highest BCUT2D eigenvalue weighted by atomic mass is 16.5. The third kappa shape index (κ3) is 4.69. The van der Waals surface area contributed by atoms with Gasteiger partial charge in [0.25, 0.3) is 0 Å². The van der Waals surface area contributed by atoms with E-state index in [2.05, 4.69) is 16.3 Å². The number of rotatable bonds is 6. The van der Waals surface area contributed by atoms with Crippen LogP contribution in [0, 0.1) is 20.8 Å². The van der Waals surface area contributed by atoms with Gasteiger partial charge < -0.3 is 14.8 Å². The molecule has 5 heteroatoms. The summed E-state index contributed by atoms with van der Waals surface area (Å²) in [4.78, 5) is 14.5. The first-order chi connectivity index (χ1) is 11.0. The van der Waals surface area contributed by atoms with E-state index in [9.17, 15) is 4.79 Å². The van der Waals surface area contributed by atoms with Gasteiger partial charge in [0.2, 0.25) is 5.91 Å². The number of nitrogens with one attached hydrogen (secondary N) is 1. The third-order valence-electron chi connectivity index (χ3n) is 4.54. The maximum atomic E-state index is 12.2. The summed E-state index contributed by atoms with van der Waals surface area (Å²) in [7, 11) is 1.69. The average Bonchev–Trinajstić information content (AvgIpc) is 2.54. The third-order valence-corrected chi connectivity index (χ3v) is 4.54. The number of nitrogens with zero attached hydrogens (tertiary/aromatic N) is 1. The van der Waals surface area contributed by atoms with Gasteiger partial charge in [-0.3, -0.25) is 9.69 Å². The van der Waals surface area contributed by atoms with Crippen LogP contribution in [-0.2, 0) is 16.0 Å². The number of hydrogen-bond acceptors (Lipinski definition) is 4. The zero-order valence-electron chi connectivity index (χ0n) is 14.7. The Balaban J connectivity index is 1.87. The second-order valence-corrected chi connectivity index (χ2v) is 6.12. The highest BCUT2D eigenvalue weighted by molar-refractivity contribution is 5.79. The second-order valence-electron chi connectivity index (χ2n) is 6.12. The SMILES string of the molecule is COc1c(C)cc(CC(=O)NCCN2CCOCC2)c(C)c1C. The standard InChI is InChI=1S/C18H28N2O3/c1-13-11-16(14(2)15(3)18(13)22-4)12-17(21)19-5-6-20-7-9-23-10-8-20/h11H,5-10,12H2,1-4H3,(H,19,21). The Labute approximate surface area is 139 Å². The van der Waals surface area contributed by atoms with Gasteiger partial charge in [-0.2, -0.15) is 0 Å². The van der Waals surface area contributed by atoms with Crippen LogP contribution in [-0.4, -0.2) is 57.3 Å². The Morgan fingerprint density at radius 2 is 1.96 bits per heavy atom. The molecule has 1 aliphatic rings. The minimum atomic E-state index is 0.0744. The number of methoxy groups -OCH3 is 1. The molecule has 0 aromatic heterocycles. The van der Waals surface area contributed by atoms with Crippen molar-refractivity contribution < 1.29 is 14.3 Å². The molecule has 0 bridgehead atoms. The minimum Gasteiger partial charge on any atom is -0.496 e. The van der Waals surface area contributed by atoms with E-state index in [4.69, 9.17) is 9.47 Å². The van der Waals surface area contributed by atoms with Crippen molar-refractivity contribution in [3.63, 3.8) is 0 Å². The summed E-state index contributed by atoms with van der Waals surface area (Å²) in [5, 5.41) is 3.02. The first-order valence-corrected chi connectivity index (χ1v) is 8.23. The van der Waals surface area contributed by atoms with Crippen LogP contribution in [0.1, 0.15) is 22.3 Å². The zero-order valence-corrected chi connectivity index (χ0v) is 14.7. The molecule has 0 spiro atoms. The van der Waals surface area contributed by atoms with Crippen molar-refractivity contribution in [3.05, 3.63) is 28.3 Å². The minimum absolute atomic E-state index is 0.0744. The molecule has 1 fully saturated rings. The predicted molar refractivity (Wildman–Crippen MR) is 91.2 cm³/mol. The van der Waals surface area contributed by atoms with Gasteiger partial charge in [-0.15, -0.1) is 0 Å². The second kappa shape index (κ2) is 8.31. The van der Waals surface area contributed by atoms with E-state index in [-0.39, 0.29) is 5.91 Å². The Morgan fingerprint density at radius 1 is 1.26 bits per heavy atom. The van der Waals surface area contributed by atoms with Crippen LogP contribution in [0.25, 0.3) is 0 Å². The summed E-state index contributed by atoms with van der Waals surface area (Å²) in [6.45, 7) is 11.2. The molecule has 23 heavy (non-hydrogen) atoms. The lowest BCUT2D eigenvalue weighted by Gasteiger charge is -2.26. The van der Waals surface area contributed by atoms with Gasteiger partial charge in [0, 0.05) is 26.2 Å². The fourth-order valence-electron chi connectivity index (χ4n) is 3.05. The summed E-state index contributed by atoms with van der Waals surface area (Å²) in [6, 6.07) is 2.06. The lowest BCUT2D eigenvalue weighted by molar-refractivity contribution is -0.120. The average molecular weight is 320 g/mol. The Morgan fingerprint density at radius 3 is 2.61 bits per heavy atom. The summed E-state index contributed by atoms with van der Waals surface area (Å²) >= 11 is 0. The topological polar surface area (TPSA) is 50.8 Å². The molecule has 0 unspecified atom stereocenters. The van der Waals surface area contributed by atoms with E-state index in [0.717, 1.165) is 60.9 Å². The fourth-order valence-corrected chi connectivity index (χ4v) is 3.05. The Kier molecular flexibility index (Phi) is 6.42. The molecule has 1 heterocycles. The summed E-state index contributed by atoms with van der Waals surface area (Å²) in [6.07, 6.45) is 0.417. The number of carbonyl (C=O) groups excluding carboxylic acids is 1. The number of benzene rings is 1. The Bertz CT molecular complexity index is 552. The van der Waals surface area contributed by atoms with E-state index < -0.39 is 0 Å². The van der Waals surface area contributed by atoms with Gasteiger partial charge in [-0.25, -0.2) is 0 Å². The number of amides is 1. The number of ether oxygens (including phenoxy) is 2. The van der Waals surface area contributed by atoms with Gasteiger partial charge in [0.05, 0.1) is 26.7 Å². The van der Waals surface area contributed by atoms with Crippen molar-refractivity contribution in [1.29, 1.82) is 0 Å². The number of hydrogen-bond donors (Lipinski definition) is 1. The lowest BCUT2D eigenvalue weighted by atomic mass is 9.96. The summed E-state index contributed by atoms with van der Waals surface area (Å²) in [5.41, 5.74) is 4.40. The van der Waals surface area contributed by atoms with Crippen LogP contribution >= 0.6 is 0 Å². The summed E-state index contributed by atoms with van der Waals surface area (Å²) in [5.74, 6) is 0.990. The van der Waals surface area contributed by atoms with Crippen molar-refractivity contribution in [2.24, 2.45) is 0 Å². The normalized spacial score (nSPS) is 15.5. The van der Waals surface area contributed by atoms with Gasteiger partial charge >= 0.3 is 0 Å². The molecule has 1 saturated heterocycles. The smallest absolute Gasteiger partial charge is 0.224 e. The zero-order chi connectivity index (χ0) is 16.8. The highest BCUT2D eigenvalue weighted by Crippen LogP contribution is 2.28. The van der Waals surface area contributed by atoms with Crippen LogP contribution in [0.3, 0.4) is 0 Å². The first-order valence-electron chi connectivity index (χ1n) is 8.23.